The Morgan fingerprint density at radius 2 is 2.22 bits per heavy atom. The summed E-state index contributed by atoms with van der Waals surface area (Å²) in [6.45, 7) is 2.00. The summed E-state index contributed by atoms with van der Waals surface area (Å²) in [6, 6.07) is 9.80. The van der Waals surface area contributed by atoms with Crippen molar-refractivity contribution in [3.8, 4) is 6.07 Å². The second-order valence-corrected chi connectivity index (χ2v) is 5.79. The van der Waals surface area contributed by atoms with E-state index in [0.717, 1.165) is 24.1 Å². The highest BCUT2D eigenvalue weighted by Crippen LogP contribution is 2.47. The van der Waals surface area contributed by atoms with E-state index in [1.165, 1.54) is 11.8 Å². The summed E-state index contributed by atoms with van der Waals surface area (Å²) in [6.07, 6.45) is 0.915. The smallest absolute Gasteiger partial charge is 0.414 e. The summed E-state index contributed by atoms with van der Waals surface area (Å²) < 4.78 is 10.4. The van der Waals surface area contributed by atoms with Crippen LogP contribution in [0.25, 0.3) is 0 Å². The summed E-state index contributed by atoms with van der Waals surface area (Å²) in [5, 5.41) is 20.7. The molecule has 1 saturated heterocycles. The van der Waals surface area contributed by atoms with Crippen molar-refractivity contribution in [1.82, 2.24) is 0 Å². The molecule has 1 aromatic rings. The highest BCUT2D eigenvalue weighted by molar-refractivity contribution is 5.89. The van der Waals surface area contributed by atoms with Gasteiger partial charge in [-0.3, -0.25) is 4.90 Å². The predicted octanol–water partition coefficient (Wildman–Crippen LogP) is 2.39. The molecule has 1 aliphatic carbocycles. The van der Waals surface area contributed by atoms with Crippen LogP contribution in [0.5, 0.6) is 0 Å². The average molecular weight is 315 g/mol. The predicted molar refractivity (Wildman–Crippen MR) is 81.4 cm³/mol. The number of carbonyl (C=O) groups is 1. The van der Waals surface area contributed by atoms with Gasteiger partial charge in [0.25, 0.3) is 0 Å². The molecule has 7 nitrogen and oxygen atoms in total. The third kappa shape index (κ3) is 2.93. The van der Waals surface area contributed by atoms with Gasteiger partial charge in [-0.2, -0.15) is 5.26 Å². The average Bonchev–Trinajstić information content (AvgIpc) is 3.30. The van der Waals surface area contributed by atoms with Gasteiger partial charge in [-0.1, -0.05) is 17.3 Å². The summed E-state index contributed by atoms with van der Waals surface area (Å²) in [5.74, 6) is 0.120. The molecule has 1 saturated carbocycles. The van der Waals surface area contributed by atoms with E-state index in [4.69, 9.17) is 14.7 Å². The zero-order chi connectivity index (χ0) is 16.4. The topological polar surface area (TPSA) is 95.2 Å². The number of benzene rings is 1. The summed E-state index contributed by atoms with van der Waals surface area (Å²) >= 11 is 0. The molecule has 1 aliphatic heterocycles. The molecule has 0 unspecified atom stereocenters. The maximum Gasteiger partial charge on any atom is 0.414 e. The zero-order valence-electron chi connectivity index (χ0n) is 12.7. The van der Waals surface area contributed by atoms with Crippen molar-refractivity contribution in [2.24, 2.45) is 5.16 Å². The first kappa shape index (κ1) is 15.2. The Kier molecular flexibility index (Phi) is 3.82. The molecule has 2 fully saturated rings. The molecule has 0 radical (unpaired) electrons. The van der Waals surface area contributed by atoms with Crippen molar-refractivity contribution < 1.29 is 19.5 Å². The number of nitrogens with zero attached hydrogens (tertiary/aromatic N) is 3. The molecule has 1 N–H and O–H groups in total. The number of hydrogen-bond donors (Lipinski definition) is 1. The first-order valence-corrected chi connectivity index (χ1v) is 7.39. The summed E-state index contributed by atoms with van der Waals surface area (Å²) in [4.78, 5) is 13.5. The van der Waals surface area contributed by atoms with Crippen LogP contribution in [0.4, 0.5) is 10.5 Å². The van der Waals surface area contributed by atoms with E-state index in [1.807, 2.05) is 24.3 Å². The Balaban J connectivity index is 1.65. The minimum Gasteiger partial charge on any atom is -0.475 e. The molecule has 0 aromatic heterocycles. The zero-order valence-corrected chi connectivity index (χ0v) is 12.7. The van der Waals surface area contributed by atoms with Crippen LogP contribution in [0.15, 0.2) is 29.4 Å². The maximum atomic E-state index is 12.0. The largest absolute Gasteiger partial charge is 0.475 e. The monoisotopic (exact) mass is 315 g/mol. The SMILES string of the molecule is C/C(=N\O)OC[C@H]1CN(c2ccc(C3(C#N)CC3)cc2)C(=O)O1. The number of carbonyl (C=O) groups excluding carboxylic acids is 1. The van der Waals surface area contributed by atoms with Crippen molar-refractivity contribution >= 4 is 17.7 Å². The maximum absolute atomic E-state index is 12.0. The molecule has 1 heterocycles. The lowest BCUT2D eigenvalue weighted by molar-refractivity contribution is 0.0980. The third-order valence-electron chi connectivity index (χ3n) is 4.19. The number of amides is 1. The number of anilines is 1. The molecule has 1 aromatic carbocycles. The molecule has 1 atom stereocenters. The molecule has 7 heteroatoms. The van der Waals surface area contributed by atoms with Gasteiger partial charge in [-0.15, -0.1) is 0 Å². The Bertz CT molecular complexity index is 674. The van der Waals surface area contributed by atoms with Gasteiger partial charge in [0.2, 0.25) is 5.90 Å². The van der Waals surface area contributed by atoms with Crippen molar-refractivity contribution in [3.05, 3.63) is 29.8 Å². The number of nitriles is 1. The lowest BCUT2D eigenvalue weighted by Gasteiger charge is -2.14. The van der Waals surface area contributed by atoms with Gasteiger partial charge in [-0.25, -0.2) is 4.79 Å². The first-order chi connectivity index (χ1) is 11.1. The number of hydrogen-bond acceptors (Lipinski definition) is 6. The molecular weight excluding hydrogens is 298 g/mol. The Hall–Kier alpha value is -2.75. The van der Waals surface area contributed by atoms with Crippen molar-refractivity contribution in [2.75, 3.05) is 18.1 Å². The van der Waals surface area contributed by atoms with E-state index in [2.05, 4.69) is 11.2 Å². The highest BCUT2D eigenvalue weighted by atomic mass is 16.6. The van der Waals surface area contributed by atoms with Gasteiger partial charge in [0.15, 0.2) is 6.10 Å². The Morgan fingerprint density at radius 1 is 1.52 bits per heavy atom. The van der Waals surface area contributed by atoms with Gasteiger partial charge >= 0.3 is 6.09 Å². The van der Waals surface area contributed by atoms with Crippen molar-refractivity contribution in [1.29, 1.82) is 5.26 Å². The first-order valence-electron chi connectivity index (χ1n) is 7.39. The van der Waals surface area contributed by atoms with Crippen molar-refractivity contribution in [2.45, 2.75) is 31.3 Å². The van der Waals surface area contributed by atoms with Crippen LogP contribution in [-0.2, 0) is 14.9 Å². The molecule has 120 valence electrons. The second-order valence-electron chi connectivity index (χ2n) is 5.79. The minimum absolute atomic E-state index is 0.120. The molecule has 0 bridgehead atoms. The minimum atomic E-state index is -0.439. The number of rotatable bonds is 4. The van der Waals surface area contributed by atoms with Crippen LogP contribution >= 0.6 is 0 Å². The fourth-order valence-electron chi connectivity index (χ4n) is 2.61. The fourth-order valence-corrected chi connectivity index (χ4v) is 2.61. The van der Waals surface area contributed by atoms with Gasteiger partial charge in [-0.05, 0) is 30.5 Å². The highest BCUT2D eigenvalue weighted by Gasteiger charge is 2.45. The van der Waals surface area contributed by atoms with E-state index < -0.39 is 12.2 Å². The van der Waals surface area contributed by atoms with Crippen LogP contribution in [0, 0.1) is 11.3 Å². The number of oxime groups is 1. The lowest BCUT2D eigenvalue weighted by Crippen LogP contribution is -2.26. The van der Waals surface area contributed by atoms with Gasteiger partial charge in [0.1, 0.15) is 6.61 Å². The van der Waals surface area contributed by atoms with E-state index in [0.29, 0.717) is 6.54 Å². The quantitative estimate of drug-likeness (QED) is 0.398. The molecule has 1 amide bonds. The normalized spacial score (nSPS) is 22.4. The van der Waals surface area contributed by atoms with E-state index >= 15 is 0 Å². The van der Waals surface area contributed by atoms with Crippen molar-refractivity contribution in [3.63, 3.8) is 0 Å². The third-order valence-corrected chi connectivity index (χ3v) is 4.19. The number of cyclic esters (lactones) is 1. The van der Waals surface area contributed by atoms with E-state index in [-0.39, 0.29) is 17.9 Å². The standard InChI is InChI=1S/C16H17N3O4/c1-11(18-21)22-9-14-8-19(15(20)23-14)13-4-2-12(3-5-13)16(10-17)6-7-16/h2-5,14,21H,6-9H2,1H3/b18-11+/t14-/m1/s1. The van der Waals surface area contributed by atoms with Crippen LogP contribution in [0.2, 0.25) is 0 Å². The van der Waals surface area contributed by atoms with Gasteiger partial charge < -0.3 is 14.7 Å². The van der Waals surface area contributed by atoms with Gasteiger partial charge in [0, 0.05) is 12.6 Å². The lowest BCUT2D eigenvalue weighted by atomic mass is 9.97. The van der Waals surface area contributed by atoms with Crippen LogP contribution in [0.1, 0.15) is 25.3 Å². The van der Waals surface area contributed by atoms with Crippen LogP contribution in [-0.4, -0.2) is 36.5 Å². The van der Waals surface area contributed by atoms with E-state index in [1.54, 1.807) is 0 Å². The molecule has 23 heavy (non-hydrogen) atoms. The second kappa shape index (κ2) is 5.80. The van der Waals surface area contributed by atoms with Gasteiger partial charge in [0.05, 0.1) is 18.0 Å². The Morgan fingerprint density at radius 3 is 2.78 bits per heavy atom. The molecular formula is C16H17N3O4. The van der Waals surface area contributed by atoms with E-state index in [9.17, 15) is 10.1 Å². The fraction of sp³-hybridized carbons (Fsp3) is 0.438. The summed E-state index contributed by atoms with van der Waals surface area (Å²) in [5.41, 5.74) is 1.38. The molecule has 0 spiro atoms. The molecule has 3 rings (SSSR count). The van der Waals surface area contributed by atoms with Crippen LogP contribution in [0.3, 0.4) is 0 Å². The van der Waals surface area contributed by atoms with Crippen LogP contribution < -0.4 is 4.90 Å². The number of ether oxygens (including phenoxy) is 2. The molecule has 2 aliphatic rings. The summed E-state index contributed by atoms with van der Waals surface area (Å²) in [7, 11) is 0. The Labute approximate surface area is 133 Å².